The van der Waals surface area contributed by atoms with Crippen molar-refractivity contribution in [2.75, 3.05) is 14.2 Å². The number of imidazole rings is 2. The maximum absolute atomic E-state index is 13.7. The lowest BCUT2D eigenvalue weighted by molar-refractivity contribution is -0.275. The average Bonchev–Trinajstić information content (AvgIpc) is 3.99. The van der Waals surface area contributed by atoms with Gasteiger partial charge in [0, 0.05) is 22.3 Å². The Morgan fingerprint density at radius 1 is 0.521 bits per heavy atom. The molecule has 0 atom stereocenters. The lowest BCUT2D eigenvalue weighted by Crippen LogP contribution is -2.17. The summed E-state index contributed by atoms with van der Waals surface area (Å²) in [4.78, 5) is 60.8. The number of carbonyl (C=O) groups is 4. The summed E-state index contributed by atoms with van der Waals surface area (Å²) in [6.07, 6.45) is -9.58. The van der Waals surface area contributed by atoms with Crippen molar-refractivity contribution in [2.45, 2.75) is 12.7 Å². The summed E-state index contributed by atoms with van der Waals surface area (Å²) in [5.74, 6) is -1.20. The van der Waals surface area contributed by atoms with Crippen LogP contribution in [0.5, 0.6) is 11.5 Å². The number of nitrogens with one attached hydrogen (secondary N) is 1. The minimum absolute atomic E-state index is 0.105. The number of carbonyl (C=O) groups excluding carboxylic acids is 4. The van der Waals surface area contributed by atoms with E-state index in [1.807, 2.05) is 72.8 Å². The van der Waals surface area contributed by atoms with E-state index < -0.39 is 35.6 Å². The van der Waals surface area contributed by atoms with E-state index in [1.165, 1.54) is 42.4 Å². The van der Waals surface area contributed by atoms with Gasteiger partial charge < -0.3 is 23.9 Å². The second-order valence-electron chi connectivity index (χ2n) is 15.6. The SMILES string of the molecule is COC(=O)c1ccc2nc(-c3cccc4ccccc34)[nH]c2c1.COC(=O)c1ccc2nc(-c3cccc4ccccc34)n(C(=O)c3ccc(OC(F)(F)F)cc3)c2c1.O=C(Cl)c1ccc(OC(F)(F)F)cc1. The second kappa shape index (κ2) is 21.1. The summed E-state index contributed by atoms with van der Waals surface area (Å²) in [5, 5.41) is 3.36. The molecule has 10 aromatic rings. The normalized spacial score (nSPS) is 11.3. The molecule has 19 heteroatoms. The Kier molecular flexibility index (Phi) is 14.6. The third-order valence-corrected chi connectivity index (χ3v) is 11.1. The van der Waals surface area contributed by atoms with Gasteiger partial charge in [-0.1, -0.05) is 84.9 Å². The summed E-state index contributed by atoms with van der Waals surface area (Å²) >= 11 is 5.09. The molecule has 1 N–H and O–H groups in total. The number of esters is 2. The molecule has 0 saturated carbocycles. The maximum atomic E-state index is 13.7. The molecule has 12 nitrogen and oxygen atoms in total. The van der Waals surface area contributed by atoms with E-state index in [9.17, 15) is 45.5 Å². The van der Waals surface area contributed by atoms with Crippen LogP contribution in [0.3, 0.4) is 0 Å². The van der Waals surface area contributed by atoms with Crippen molar-refractivity contribution in [3.63, 3.8) is 0 Å². The van der Waals surface area contributed by atoms with Gasteiger partial charge in [0.1, 0.15) is 23.1 Å². The molecule has 0 bridgehead atoms. The third kappa shape index (κ3) is 11.8. The predicted octanol–water partition coefficient (Wildman–Crippen LogP) is 13.4. The van der Waals surface area contributed by atoms with Crippen molar-refractivity contribution in [2.24, 2.45) is 0 Å². The van der Waals surface area contributed by atoms with Gasteiger partial charge in [-0.15, -0.1) is 26.3 Å². The molecule has 73 heavy (non-hydrogen) atoms. The van der Waals surface area contributed by atoms with Crippen molar-refractivity contribution in [3.8, 4) is 34.3 Å². The fourth-order valence-electron chi connectivity index (χ4n) is 7.66. The lowest BCUT2D eigenvalue weighted by Gasteiger charge is -2.12. The van der Waals surface area contributed by atoms with Gasteiger partial charge in [0.05, 0.1) is 47.4 Å². The molecule has 0 aliphatic carbocycles. The highest BCUT2D eigenvalue weighted by atomic mass is 35.5. The van der Waals surface area contributed by atoms with Crippen molar-refractivity contribution >= 4 is 78.3 Å². The highest BCUT2D eigenvalue weighted by Crippen LogP contribution is 2.34. The molecule has 0 saturated heterocycles. The number of benzene rings is 8. The molecule has 0 fully saturated rings. The van der Waals surface area contributed by atoms with Crippen LogP contribution in [0.4, 0.5) is 26.3 Å². The zero-order valence-corrected chi connectivity index (χ0v) is 38.7. The first-order chi connectivity index (χ1) is 34.9. The van der Waals surface area contributed by atoms with Crippen LogP contribution in [0, 0.1) is 0 Å². The van der Waals surface area contributed by atoms with E-state index >= 15 is 0 Å². The monoisotopic (exact) mass is 1020 g/mol. The molecule has 2 aromatic heterocycles. The van der Waals surface area contributed by atoms with Crippen LogP contribution in [-0.2, 0) is 9.47 Å². The number of alkyl halides is 6. The zero-order chi connectivity index (χ0) is 52.0. The van der Waals surface area contributed by atoms with Gasteiger partial charge >= 0.3 is 24.7 Å². The fourth-order valence-corrected chi connectivity index (χ4v) is 7.78. The van der Waals surface area contributed by atoms with Crippen LogP contribution >= 0.6 is 11.6 Å². The molecule has 0 aliphatic heterocycles. The third-order valence-electron chi connectivity index (χ3n) is 10.9. The minimum Gasteiger partial charge on any atom is -0.465 e. The molecular weight excluding hydrogens is 982 g/mol. The molecule has 368 valence electrons. The van der Waals surface area contributed by atoms with E-state index in [-0.39, 0.29) is 28.4 Å². The van der Waals surface area contributed by atoms with Crippen molar-refractivity contribution in [1.82, 2.24) is 19.5 Å². The number of methoxy groups -OCH3 is 2. The van der Waals surface area contributed by atoms with E-state index in [2.05, 4.69) is 42.6 Å². The maximum Gasteiger partial charge on any atom is 0.573 e. The van der Waals surface area contributed by atoms with Gasteiger partial charge in [-0.25, -0.2) is 19.6 Å². The van der Waals surface area contributed by atoms with Crippen LogP contribution in [0.25, 0.3) is 66.4 Å². The van der Waals surface area contributed by atoms with Gasteiger partial charge in [0.2, 0.25) is 0 Å². The fraction of sp³-hybridized carbons (Fsp3) is 0.0741. The standard InChI is InChI=1S/C27H17F3N2O4.C19H14N2O2.C8H4ClF3O2/c1-35-26(34)18-11-14-22-23(15-18)32(25(33)17-9-12-19(13-10-17)36-27(28,29)30)24(31-22)21-8-4-6-16-5-2-3-7-20(16)21;1-23-19(22)13-9-10-16-17(11-13)21-18(20-16)15-8-4-6-12-5-2-3-7-14(12)15;9-7(13)5-1-3-6(4-2-5)14-8(10,11)12/h2-15H,1H3;2-11H,1H3,(H,20,21);1-4H. The van der Waals surface area contributed by atoms with Crippen molar-refractivity contribution in [3.05, 3.63) is 192 Å². The van der Waals surface area contributed by atoms with E-state index in [1.54, 1.807) is 24.3 Å². The number of aromatic nitrogens is 4. The first-order valence-electron chi connectivity index (χ1n) is 21.5. The molecule has 2 heterocycles. The highest BCUT2D eigenvalue weighted by Gasteiger charge is 2.32. The Bertz CT molecular complexity index is 3680. The average molecular weight is 1020 g/mol. The smallest absolute Gasteiger partial charge is 0.465 e. The van der Waals surface area contributed by atoms with E-state index in [4.69, 9.17) is 21.1 Å². The summed E-state index contributed by atoms with van der Waals surface area (Å²) in [7, 11) is 2.63. The van der Waals surface area contributed by atoms with Crippen LogP contribution in [0.1, 0.15) is 41.4 Å². The number of H-pyrrole nitrogens is 1. The Morgan fingerprint density at radius 2 is 0.986 bits per heavy atom. The predicted molar refractivity (Wildman–Crippen MR) is 261 cm³/mol. The first kappa shape index (κ1) is 50.4. The molecule has 0 radical (unpaired) electrons. The Labute approximate surface area is 414 Å². The van der Waals surface area contributed by atoms with Crippen LogP contribution in [-0.4, -0.2) is 69.6 Å². The molecule has 10 rings (SSSR count). The summed E-state index contributed by atoms with van der Waals surface area (Å²) in [6.45, 7) is 0. The van der Waals surface area contributed by atoms with Crippen LogP contribution in [0.2, 0.25) is 0 Å². The summed E-state index contributed by atoms with van der Waals surface area (Å²) in [6, 6.07) is 46.5. The molecule has 0 spiro atoms. The number of hydrogen-bond acceptors (Lipinski definition) is 10. The second-order valence-corrected chi connectivity index (χ2v) is 15.9. The van der Waals surface area contributed by atoms with E-state index in [0.29, 0.717) is 28.0 Å². The first-order valence-corrected chi connectivity index (χ1v) is 21.9. The van der Waals surface area contributed by atoms with Crippen LogP contribution in [0.15, 0.2) is 170 Å². The number of halogens is 7. The molecule has 8 aromatic carbocycles. The van der Waals surface area contributed by atoms with Crippen molar-refractivity contribution in [1.29, 1.82) is 0 Å². The van der Waals surface area contributed by atoms with Crippen molar-refractivity contribution < 1.29 is 64.5 Å². The minimum atomic E-state index is -4.85. The number of ether oxygens (including phenoxy) is 4. The molecule has 0 amide bonds. The lowest BCUT2D eigenvalue weighted by atomic mass is 10.0. The van der Waals surface area contributed by atoms with Gasteiger partial charge in [-0.05, 0) is 118 Å². The van der Waals surface area contributed by atoms with E-state index in [0.717, 1.165) is 75.0 Å². The van der Waals surface area contributed by atoms with Gasteiger partial charge in [-0.2, -0.15) is 0 Å². The number of hydrogen-bond donors (Lipinski definition) is 1. The van der Waals surface area contributed by atoms with Gasteiger partial charge in [-0.3, -0.25) is 14.2 Å². The van der Waals surface area contributed by atoms with Gasteiger partial charge in [0.15, 0.2) is 0 Å². The van der Waals surface area contributed by atoms with Crippen LogP contribution < -0.4 is 9.47 Å². The number of nitrogens with zero attached hydrogens (tertiary/aromatic N) is 3. The quantitative estimate of drug-likeness (QED) is 0.0884. The molecule has 0 aliphatic rings. The Hall–Kier alpha value is -9.03. The highest BCUT2D eigenvalue weighted by molar-refractivity contribution is 6.67. The molecule has 0 unspecified atom stereocenters. The topological polar surface area (TPSA) is 152 Å². The molecular formula is C54H35ClF6N4O8. The Balaban J connectivity index is 0.000000163. The number of aromatic amines is 1. The zero-order valence-electron chi connectivity index (χ0n) is 37.9. The van der Waals surface area contributed by atoms with Gasteiger partial charge in [0.25, 0.3) is 11.1 Å². The largest absolute Gasteiger partial charge is 0.573 e. The summed E-state index contributed by atoms with van der Waals surface area (Å²) in [5.41, 5.74) is 5.10. The Morgan fingerprint density at radius 3 is 1.52 bits per heavy atom. The number of fused-ring (bicyclic) bond motifs is 4. The summed E-state index contributed by atoms with van der Waals surface area (Å²) < 4.78 is 91.2. The number of rotatable bonds is 8.